The van der Waals surface area contributed by atoms with Crippen LogP contribution in [0.1, 0.15) is 68.7 Å². The van der Waals surface area contributed by atoms with E-state index in [9.17, 15) is 9.59 Å². The maximum atomic E-state index is 13.1. The molecule has 0 saturated carbocycles. The van der Waals surface area contributed by atoms with Gasteiger partial charge in [-0.1, -0.05) is 13.8 Å². The highest BCUT2D eigenvalue weighted by Gasteiger charge is 2.52. The molecule has 2 amide bonds. The Morgan fingerprint density at radius 3 is 2.28 bits per heavy atom. The van der Waals surface area contributed by atoms with Crippen molar-refractivity contribution in [2.24, 2.45) is 11.8 Å². The highest BCUT2D eigenvalue weighted by Crippen LogP contribution is 2.36. The number of hydrogen-bond acceptors (Lipinski definition) is 8. The van der Waals surface area contributed by atoms with Crippen molar-refractivity contribution >= 4 is 24.6 Å². The summed E-state index contributed by atoms with van der Waals surface area (Å²) in [5, 5.41) is 2.74. The maximum absolute atomic E-state index is 13.1. The molecule has 2 aliphatic rings. The lowest BCUT2D eigenvalue weighted by molar-refractivity contribution is -0.133. The molecule has 0 bridgehead atoms. The number of carbonyl (C=O) groups is 2. The van der Waals surface area contributed by atoms with Crippen molar-refractivity contribution < 1.29 is 28.4 Å². The van der Waals surface area contributed by atoms with Gasteiger partial charge in [0.1, 0.15) is 11.6 Å². The molecular formula is C25H41BN4O6. The summed E-state index contributed by atoms with van der Waals surface area (Å²) in [4.78, 5) is 35.8. The van der Waals surface area contributed by atoms with Crippen LogP contribution in [0.4, 0.5) is 4.79 Å². The molecule has 0 spiro atoms. The second-order valence-corrected chi connectivity index (χ2v) is 12.0. The average Bonchev–Trinajstić information content (AvgIpc) is 3.30. The monoisotopic (exact) mass is 504 g/mol. The van der Waals surface area contributed by atoms with E-state index in [1.165, 1.54) is 0 Å². The molecule has 1 aromatic heterocycles. The van der Waals surface area contributed by atoms with Crippen LogP contribution >= 0.6 is 0 Å². The number of nitrogens with one attached hydrogen (secondary N) is 1. The van der Waals surface area contributed by atoms with Crippen molar-refractivity contribution in [1.29, 1.82) is 0 Å². The molecule has 2 fully saturated rings. The molecule has 3 heterocycles. The number of amides is 2. The van der Waals surface area contributed by atoms with E-state index in [0.717, 1.165) is 11.9 Å². The topological polar surface area (TPSA) is 112 Å². The summed E-state index contributed by atoms with van der Waals surface area (Å²) in [6.07, 6.45) is 3.53. The van der Waals surface area contributed by atoms with Gasteiger partial charge in [-0.25, -0.2) is 14.8 Å². The SMILES string of the molecule is CC(C)[C@H](NC(=O)OC(C)(C)C)C(=O)N1CC[C@H](COc2ncc(B3OC(C)(C)C(C)(C)O3)cn2)C1. The fraction of sp³-hybridized carbons (Fsp3) is 0.760. The van der Waals surface area contributed by atoms with Gasteiger partial charge in [0, 0.05) is 36.9 Å². The number of carbonyl (C=O) groups excluding carboxylic acids is 2. The number of aromatic nitrogens is 2. The van der Waals surface area contributed by atoms with Crippen LogP contribution < -0.4 is 15.5 Å². The van der Waals surface area contributed by atoms with Gasteiger partial charge in [0.25, 0.3) is 0 Å². The Bertz CT molecular complexity index is 915. The van der Waals surface area contributed by atoms with Gasteiger partial charge in [-0.2, -0.15) is 0 Å². The summed E-state index contributed by atoms with van der Waals surface area (Å²) >= 11 is 0. The first-order chi connectivity index (χ1) is 16.6. The molecule has 2 aliphatic heterocycles. The third kappa shape index (κ3) is 6.88. The first-order valence-corrected chi connectivity index (χ1v) is 12.7. The van der Waals surface area contributed by atoms with Gasteiger partial charge in [-0.3, -0.25) is 4.79 Å². The van der Waals surface area contributed by atoms with E-state index < -0.39 is 36.1 Å². The number of hydrogen-bond donors (Lipinski definition) is 1. The summed E-state index contributed by atoms with van der Waals surface area (Å²) in [5.74, 6) is -0.0350. The number of ether oxygens (including phenoxy) is 2. The van der Waals surface area contributed by atoms with Crippen LogP contribution in [0.3, 0.4) is 0 Å². The fourth-order valence-electron chi connectivity index (χ4n) is 4.01. The van der Waals surface area contributed by atoms with Crippen LogP contribution in [0.2, 0.25) is 0 Å². The van der Waals surface area contributed by atoms with Crippen LogP contribution in [0, 0.1) is 11.8 Å². The second kappa shape index (κ2) is 10.5. The van der Waals surface area contributed by atoms with Crippen molar-refractivity contribution in [3.63, 3.8) is 0 Å². The predicted octanol–water partition coefficient (Wildman–Crippen LogP) is 2.55. The van der Waals surface area contributed by atoms with E-state index in [1.807, 2.05) is 41.5 Å². The fourth-order valence-corrected chi connectivity index (χ4v) is 4.01. The Kier molecular flexibility index (Phi) is 8.25. The second-order valence-electron chi connectivity index (χ2n) is 12.0. The summed E-state index contributed by atoms with van der Waals surface area (Å²) in [6, 6.07) is -0.378. The van der Waals surface area contributed by atoms with Crippen molar-refractivity contribution in [2.75, 3.05) is 19.7 Å². The van der Waals surface area contributed by atoms with Crippen molar-refractivity contribution in [3.05, 3.63) is 12.4 Å². The van der Waals surface area contributed by atoms with E-state index in [1.54, 1.807) is 38.1 Å². The molecular weight excluding hydrogens is 463 g/mol. The molecule has 0 aliphatic carbocycles. The average molecular weight is 504 g/mol. The Morgan fingerprint density at radius 2 is 1.75 bits per heavy atom. The van der Waals surface area contributed by atoms with Crippen LogP contribution in [0.25, 0.3) is 0 Å². The van der Waals surface area contributed by atoms with E-state index in [0.29, 0.717) is 19.7 Å². The summed E-state index contributed by atoms with van der Waals surface area (Å²) in [7, 11) is -0.526. The Hall–Kier alpha value is -2.40. The molecule has 2 atom stereocenters. The summed E-state index contributed by atoms with van der Waals surface area (Å²) in [6.45, 7) is 18.7. The minimum absolute atomic E-state index is 0.0730. The van der Waals surface area contributed by atoms with Gasteiger partial charge in [0.15, 0.2) is 0 Å². The molecule has 1 aromatic rings. The largest absolute Gasteiger partial charge is 0.498 e. The molecule has 200 valence electrons. The molecule has 36 heavy (non-hydrogen) atoms. The third-order valence-electron chi connectivity index (χ3n) is 6.82. The maximum Gasteiger partial charge on any atom is 0.498 e. The number of likely N-dealkylation sites (tertiary alicyclic amines) is 1. The van der Waals surface area contributed by atoms with Crippen LogP contribution in [0.5, 0.6) is 6.01 Å². The lowest BCUT2D eigenvalue weighted by Gasteiger charge is -2.32. The minimum Gasteiger partial charge on any atom is -0.463 e. The van der Waals surface area contributed by atoms with Crippen molar-refractivity contribution in [1.82, 2.24) is 20.2 Å². The number of rotatable bonds is 7. The molecule has 0 aromatic carbocycles. The van der Waals surface area contributed by atoms with Crippen molar-refractivity contribution in [3.8, 4) is 6.01 Å². The molecule has 2 saturated heterocycles. The van der Waals surface area contributed by atoms with Crippen LogP contribution in [0.15, 0.2) is 12.4 Å². The molecule has 3 rings (SSSR count). The quantitative estimate of drug-likeness (QED) is 0.564. The van der Waals surface area contributed by atoms with E-state index >= 15 is 0 Å². The van der Waals surface area contributed by atoms with E-state index in [4.69, 9.17) is 18.8 Å². The third-order valence-corrected chi connectivity index (χ3v) is 6.82. The Morgan fingerprint density at radius 1 is 1.17 bits per heavy atom. The molecule has 1 N–H and O–H groups in total. The number of alkyl carbamates (subject to hydrolysis) is 1. The van der Waals surface area contributed by atoms with Crippen LogP contribution in [-0.2, 0) is 18.8 Å². The molecule has 10 nitrogen and oxygen atoms in total. The summed E-state index contributed by atoms with van der Waals surface area (Å²) in [5.41, 5.74) is -0.767. The highest BCUT2D eigenvalue weighted by molar-refractivity contribution is 6.61. The van der Waals surface area contributed by atoms with Gasteiger partial charge in [0.05, 0.1) is 17.8 Å². The zero-order valence-electron chi connectivity index (χ0n) is 23.1. The highest BCUT2D eigenvalue weighted by atomic mass is 16.7. The zero-order valence-corrected chi connectivity index (χ0v) is 23.1. The Balaban J connectivity index is 1.50. The van der Waals surface area contributed by atoms with E-state index in [2.05, 4.69) is 15.3 Å². The normalized spacial score (nSPS) is 22.0. The van der Waals surface area contributed by atoms with Crippen molar-refractivity contribution in [2.45, 2.75) is 91.6 Å². The smallest absolute Gasteiger partial charge is 0.463 e. The van der Waals surface area contributed by atoms with Gasteiger partial charge in [-0.05, 0) is 60.8 Å². The standard InChI is InChI=1S/C25H41BN4O6/c1-16(2)19(29-22(32)34-23(3,4)5)20(31)30-11-10-17(14-30)15-33-21-27-12-18(13-28-21)26-35-24(6,7)25(8,9)36-26/h12-13,16-17,19H,10-11,14-15H2,1-9H3,(H,29,32)/t17-,19-/m0/s1. The Labute approximate surface area is 215 Å². The molecule has 0 radical (unpaired) electrons. The lowest BCUT2D eigenvalue weighted by atomic mass is 9.81. The first-order valence-electron chi connectivity index (χ1n) is 12.7. The lowest BCUT2D eigenvalue weighted by Crippen LogP contribution is -2.51. The van der Waals surface area contributed by atoms with Gasteiger partial charge >= 0.3 is 19.2 Å². The zero-order chi connectivity index (χ0) is 26.9. The minimum atomic E-state index is -0.648. The molecule has 0 unspecified atom stereocenters. The van der Waals surface area contributed by atoms with E-state index in [-0.39, 0.29) is 23.8 Å². The van der Waals surface area contributed by atoms with Gasteiger partial charge < -0.3 is 29.0 Å². The molecule has 11 heteroatoms. The summed E-state index contributed by atoms with van der Waals surface area (Å²) < 4.78 is 23.2. The van der Waals surface area contributed by atoms with Crippen LogP contribution in [-0.4, -0.2) is 76.5 Å². The first kappa shape index (κ1) is 28.2. The number of nitrogens with zero attached hydrogens (tertiary/aromatic N) is 3. The van der Waals surface area contributed by atoms with Gasteiger partial charge in [-0.15, -0.1) is 0 Å². The predicted molar refractivity (Wildman–Crippen MR) is 136 cm³/mol. The van der Waals surface area contributed by atoms with Gasteiger partial charge in [0.2, 0.25) is 5.91 Å².